The van der Waals surface area contributed by atoms with Gasteiger partial charge in [-0.05, 0) is 19.1 Å². The predicted octanol–water partition coefficient (Wildman–Crippen LogP) is 3.66. The van der Waals surface area contributed by atoms with E-state index in [1.165, 1.54) is 0 Å². The molecule has 0 spiro atoms. The first kappa shape index (κ1) is 14.9. The van der Waals surface area contributed by atoms with E-state index in [9.17, 15) is 18.0 Å². The van der Waals surface area contributed by atoms with Gasteiger partial charge in [0.2, 0.25) is 0 Å². The minimum Gasteiger partial charge on any atom is -0.466 e. The van der Waals surface area contributed by atoms with E-state index in [1.807, 2.05) is 0 Å². The van der Waals surface area contributed by atoms with Gasteiger partial charge in [0.1, 0.15) is 5.25 Å². The minimum absolute atomic E-state index is 0.0828. The van der Waals surface area contributed by atoms with E-state index >= 15 is 0 Å². The summed E-state index contributed by atoms with van der Waals surface area (Å²) in [7, 11) is 0. The van der Waals surface area contributed by atoms with Gasteiger partial charge in [0.15, 0.2) is 0 Å². The molecule has 0 saturated heterocycles. The number of carbonyl (C=O) groups is 1. The Morgan fingerprint density at radius 3 is 2.44 bits per heavy atom. The molecule has 0 N–H and O–H groups in total. The van der Waals surface area contributed by atoms with Crippen LogP contribution in [-0.4, -0.2) is 24.0 Å². The lowest BCUT2D eigenvalue weighted by Gasteiger charge is -2.18. The second kappa shape index (κ2) is 6.68. The van der Waals surface area contributed by atoms with Gasteiger partial charge in [-0.2, -0.15) is 13.2 Å². The zero-order chi connectivity index (χ0) is 13.6. The largest absolute Gasteiger partial charge is 0.466 e. The van der Waals surface area contributed by atoms with Crippen LogP contribution in [0, 0.1) is 0 Å². The second-order valence-corrected chi connectivity index (χ2v) is 4.75. The second-order valence-electron chi connectivity index (χ2n) is 3.47. The summed E-state index contributed by atoms with van der Waals surface area (Å²) in [6.45, 7) is 1.64. The molecule has 0 aliphatic carbocycles. The summed E-state index contributed by atoms with van der Waals surface area (Å²) in [5.41, 5.74) is 0. The Balaban J connectivity index is 2.71. The van der Waals surface area contributed by atoms with Gasteiger partial charge in [-0.15, -0.1) is 11.8 Å². The molecule has 0 radical (unpaired) electrons. The van der Waals surface area contributed by atoms with Gasteiger partial charge < -0.3 is 4.74 Å². The van der Waals surface area contributed by atoms with Crippen LogP contribution in [0.15, 0.2) is 35.2 Å². The molecule has 0 aliphatic rings. The smallest absolute Gasteiger partial charge is 0.401 e. The van der Waals surface area contributed by atoms with Crippen molar-refractivity contribution in [2.24, 2.45) is 0 Å². The summed E-state index contributed by atoms with van der Waals surface area (Å²) in [4.78, 5) is 11.6. The molecule has 2 nitrogen and oxygen atoms in total. The number of rotatable bonds is 5. The van der Waals surface area contributed by atoms with Gasteiger partial charge in [0.25, 0.3) is 0 Å². The first-order valence-corrected chi connectivity index (χ1v) is 6.25. The van der Waals surface area contributed by atoms with Crippen molar-refractivity contribution in [1.29, 1.82) is 0 Å². The fraction of sp³-hybridized carbons (Fsp3) is 0.417. The summed E-state index contributed by atoms with van der Waals surface area (Å²) in [6, 6.07) is 8.18. The molecule has 0 aliphatic heterocycles. The molecule has 0 heterocycles. The van der Waals surface area contributed by atoms with Crippen LogP contribution in [0.3, 0.4) is 0 Å². The Labute approximate surface area is 108 Å². The number of halogens is 3. The lowest BCUT2D eigenvalue weighted by molar-refractivity contribution is -0.154. The Morgan fingerprint density at radius 1 is 1.33 bits per heavy atom. The third kappa shape index (κ3) is 5.00. The van der Waals surface area contributed by atoms with Crippen molar-refractivity contribution < 1.29 is 22.7 Å². The van der Waals surface area contributed by atoms with Crippen molar-refractivity contribution in [3.05, 3.63) is 30.3 Å². The number of carbonyl (C=O) groups excluding carboxylic acids is 1. The SMILES string of the molecule is CCOC(=O)C[C@@H](Sc1ccccc1)C(F)(F)F. The van der Waals surface area contributed by atoms with Crippen molar-refractivity contribution in [3.8, 4) is 0 Å². The van der Waals surface area contributed by atoms with Crippen molar-refractivity contribution in [2.45, 2.75) is 29.7 Å². The summed E-state index contributed by atoms with van der Waals surface area (Å²) < 4.78 is 42.9. The topological polar surface area (TPSA) is 26.3 Å². The number of thioether (sulfide) groups is 1. The number of ether oxygens (including phenoxy) is 1. The highest BCUT2D eigenvalue weighted by Crippen LogP contribution is 2.37. The third-order valence-corrected chi connectivity index (χ3v) is 3.31. The fourth-order valence-electron chi connectivity index (χ4n) is 1.26. The first-order valence-electron chi connectivity index (χ1n) is 5.37. The number of hydrogen-bond acceptors (Lipinski definition) is 3. The maximum absolute atomic E-state index is 12.8. The van der Waals surface area contributed by atoms with Crippen molar-refractivity contribution in [3.63, 3.8) is 0 Å². The maximum Gasteiger partial charge on any atom is 0.401 e. The van der Waals surface area contributed by atoms with E-state index in [0.29, 0.717) is 16.7 Å². The van der Waals surface area contributed by atoms with Gasteiger partial charge in [-0.3, -0.25) is 4.79 Å². The molecule has 0 aromatic heterocycles. The molecule has 6 heteroatoms. The van der Waals surface area contributed by atoms with E-state index in [0.717, 1.165) is 0 Å². The molecule has 0 saturated carbocycles. The van der Waals surface area contributed by atoms with Crippen molar-refractivity contribution in [2.75, 3.05) is 6.61 Å². The van der Waals surface area contributed by atoms with Crippen LogP contribution in [0.4, 0.5) is 13.2 Å². The molecule has 1 rings (SSSR count). The molecule has 1 atom stereocenters. The van der Waals surface area contributed by atoms with Crippen LogP contribution in [-0.2, 0) is 9.53 Å². The Bertz CT molecular complexity index is 379. The predicted molar refractivity (Wildman–Crippen MR) is 63.4 cm³/mol. The lowest BCUT2D eigenvalue weighted by atomic mass is 10.3. The first-order chi connectivity index (χ1) is 8.43. The Hall–Kier alpha value is -1.17. The molecular weight excluding hydrogens is 265 g/mol. The molecule has 1 aromatic rings. The normalized spacial score (nSPS) is 13.1. The van der Waals surface area contributed by atoms with Crippen LogP contribution < -0.4 is 0 Å². The molecule has 100 valence electrons. The van der Waals surface area contributed by atoms with Gasteiger partial charge in [0, 0.05) is 4.90 Å². The Kier molecular flexibility index (Phi) is 5.53. The minimum atomic E-state index is -4.44. The van der Waals surface area contributed by atoms with Crippen LogP contribution in [0.2, 0.25) is 0 Å². The summed E-state index contributed by atoms with van der Waals surface area (Å²) in [6.07, 6.45) is -5.11. The molecular formula is C12H13F3O2S. The van der Waals surface area contributed by atoms with E-state index in [4.69, 9.17) is 0 Å². The monoisotopic (exact) mass is 278 g/mol. The molecule has 1 aromatic carbocycles. The van der Waals surface area contributed by atoms with Gasteiger partial charge in [-0.1, -0.05) is 18.2 Å². The van der Waals surface area contributed by atoms with Crippen LogP contribution in [0.25, 0.3) is 0 Å². The number of alkyl halides is 3. The zero-order valence-electron chi connectivity index (χ0n) is 9.74. The summed E-state index contributed by atoms with van der Waals surface area (Å²) in [5, 5.41) is -1.78. The van der Waals surface area contributed by atoms with E-state index in [2.05, 4.69) is 4.74 Å². The number of benzene rings is 1. The van der Waals surface area contributed by atoms with Gasteiger partial charge >= 0.3 is 12.1 Å². The van der Waals surface area contributed by atoms with E-state index in [-0.39, 0.29) is 6.61 Å². The summed E-state index contributed by atoms with van der Waals surface area (Å²) >= 11 is 0.624. The maximum atomic E-state index is 12.8. The quantitative estimate of drug-likeness (QED) is 0.607. The highest BCUT2D eigenvalue weighted by atomic mass is 32.2. The number of esters is 1. The highest BCUT2D eigenvalue weighted by molar-refractivity contribution is 8.00. The molecule has 0 amide bonds. The molecule has 0 bridgehead atoms. The van der Waals surface area contributed by atoms with Crippen LogP contribution in [0.1, 0.15) is 13.3 Å². The van der Waals surface area contributed by atoms with Crippen molar-refractivity contribution >= 4 is 17.7 Å². The van der Waals surface area contributed by atoms with Crippen LogP contribution >= 0.6 is 11.8 Å². The van der Waals surface area contributed by atoms with Crippen molar-refractivity contribution in [1.82, 2.24) is 0 Å². The van der Waals surface area contributed by atoms with E-state index in [1.54, 1.807) is 37.3 Å². The zero-order valence-corrected chi connectivity index (χ0v) is 10.6. The van der Waals surface area contributed by atoms with Gasteiger partial charge in [0.05, 0.1) is 13.0 Å². The highest BCUT2D eigenvalue weighted by Gasteiger charge is 2.42. The molecule has 0 fully saturated rings. The number of hydrogen-bond donors (Lipinski definition) is 0. The van der Waals surface area contributed by atoms with E-state index < -0.39 is 23.8 Å². The lowest BCUT2D eigenvalue weighted by Crippen LogP contribution is -2.29. The molecule has 0 unspecified atom stereocenters. The summed E-state index contributed by atoms with van der Waals surface area (Å²) in [5.74, 6) is -0.830. The standard InChI is InChI=1S/C12H13F3O2S/c1-2-17-11(16)8-10(12(13,14)15)18-9-6-4-3-5-7-9/h3-7,10H,2,8H2,1H3/t10-/m1/s1. The van der Waals surface area contributed by atoms with Gasteiger partial charge in [-0.25, -0.2) is 0 Å². The molecule has 18 heavy (non-hydrogen) atoms. The average molecular weight is 278 g/mol. The fourth-order valence-corrected chi connectivity index (χ4v) is 2.25. The average Bonchev–Trinajstić information content (AvgIpc) is 2.28. The third-order valence-electron chi connectivity index (χ3n) is 2.04. The van der Waals surface area contributed by atoms with Crippen LogP contribution in [0.5, 0.6) is 0 Å². The Morgan fingerprint density at radius 2 is 1.94 bits per heavy atom.